The number of benzene rings is 1. The highest BCUT2D eigenvalue weighted by Crippen LogP contribution is 2.21. The van der Waals surface area contributed by atoms with Gasteiger partial charge in [-0.05, 0) is 18.1 Å². The van der Waals surface area contributed by atoms with Gasteiger partial charge in [0.1, 0.15) is 11.6 Å². The van der Waals surface area contributed by atoms with Crippen molar-refractivity contribution in [3.05, 3.63) is 29.8 Å². The van der Waals surface area contributed by atoms with Crippen LogP contribution in [0, 0.1) is 17.6 Å². The summed E-state index contributed by atoms with van der Waals surface area (Å²) in [6, 6.07) is 3.22. The molecule has 0 aliphatic heterocycles. The molecule has 0 aliphatic rings. The molecule has 0 aliphatic carbocycles. The second kappa shape index (κ2) is 7.45. The number of hydrogen-bond donors (Lipinski definition) is 2. The molecule has 1 unspecified atom stereocenters. The predicted molar refractivity (Wildman–Crippen MR) is 70.9 cm³/mol. The lowest BCUT2D eigenvalue weighted by molar-refractivity contribution is -0.119. The first-order valence-corrected chi connectivity index (χ1v) is 6.91. The molecule has 2 N–H and O–H groups in total. The van der Waals surface area contributed by atoms with Crippen molar-refractivity contribution in [2.45, 2.75) is 24.8 Å². The maximum Gasteiger partial charge on any atom is 0.230 e. The smallest absolute Gasteiger partial charge is 0.230 e. The molecule has 6 heteroatoms. The SMILES string of the molecule is CC(C)C(O)CNC(=O)CSc1ccc(F)cc1F. The van der Waals surface area contributed by atoms with Crippen LogP contribution in [0.1, 0.15) is 13.8 Å². The Balaban J connectivity index is 2.38. The third kappa shape index (κ3) is 5.57. The summed E-state index contributed by atoms with van der Waals surface area (Å²) in [7, 11) is 0. The average molecular weight is 289 g/mol. The molecule has 0 fully saturated rings. The highest BCUT2D eigenvalue weighted by atomic mass is 32.2. The molecule has 0 saturated carbocycles. The van der Waals surface area contributed by atoms with Gasteiger partial charge in [0.15, 0.2) is 0 Å². The molecular weight excluding hydrogens is 272 g/mol. The van der Waals surface area contributed by atoms with Gasteiger partial charge < -0.3 is 10.4 Å². The Labute approximate surface area is 115 Å². The van der Waals surface area contributed by atoms with E-state index < -0.39 is 17.7 Å². The van der Waals surface area contributed by atoms with Crippen LogP contribution in [0.5, 0.6) is 0 Å². The molecule has 19 heavy (non-hydrogen) atoms. The summed E-state index contributed by atoms with van der Waals surface area (Å²) in [5, 5.41) is 12.1. The Kier molecular flexibility index (Phi) is 6.24. The van der Waals surface area contributed by atoms with E-state index in [0.29, 0.717) is 0 Å². The second-order valence-electron chi connectivity index (χ2n) is 4.48. The van der Waals surface area contributed by atoms with Crippen LogP contribution < -0.4 is 5.32 Å². The molecule has 1 amide bonds. The zero-order valence-corrected chi connectivity index (χ0v) is 11.6. The average Bonchev–Trinajstić information content (AvgIpc) is 2.34. The van der Waals surface area contributed by atoms with Crippen LogP contribution in [0.2, 0.25) is 0 Å². The molecule has 1 aromatic carbocycles. The van der Waals surface area contributed by atoms with Crippen LogP contribution >= 0.6 is 11.8 Å². The fourth-order valence-electron chi connectivity index (χ4n) is 1.24. The molecule has 0 radical (unpaired) electrons. The third-order valence-electron chi connectivity index (χ3n) is 2.53. The van der Waals surface area contributed by atoms with Gasteiger partial charge in [0.2, 0.25) is 5.91 Å². The summed E-state index contributed by atoms with van der Waals surface area (Å²) >= 11 is 0.989. The Morgan fingerprint density at radius 3 is 2.68 bits per heavy atom. The van der Waals surface area contributed by atoms with Crippen LogP contribution in [-0.4, -0.2) is 29.4 Å². The summed E-state index contributed by atoms with van der Waals surface area (Å²) < 4.78 is 26.0. The van der Waals surface area contributed by atoms with Crippen molar-refractivity contribution in [1.82, 2.24) is 5.32 Å². The first-order valence-electron chi connectivity index (χ1n) is 5.92. The standard InChI is InChI=1S/C13H17F2NO2S/c1-8(2)11(17)6-16-13(18)7-19-12-4-3-9(14)5-10(12)15/h3-5,8,11,17H,6-7H2,1-2H3,(H,16,18). The molecule has 0 spiro atoms. The Bertz CT molecular complexity index is 441. The molecular formula is C13H17F2NO2S. The summed E-state index contributed by atoms with van der Waals surface area (Å²) in [6.07, 6.45) is -0.600. The molecule has 3 nitrogen and oxygen atoms in total. The number of hydrogen-bond acceptors (Lipinski definition) is 3. The zero-order valence-electron chi connectivity index (χ0n) is 10.8. The molecule has 0 bridgehead atoms. The van der Waals surface area contributed by atoms with Crippen LogP contribution in [0.25, 0.3) is 0 Å². The summed E-state index contributed by atoms with van der Waals surface area (Å²) in [4.78, 5) is 11.7. The van der Waals surface area contributed by atoms with Gasteiger partial charge in [-0.15, -0.1) is 11.8 Å². The van der Waals surface area contributed by atoms with Crippen molar-refractivity contribution in [2.75, 3.05) is 12.3 Å². The Morgan fingerprint density at radius 2 is 2.11 bits per heavy atom. The van der Waals surface area contributed by atoms with Crippen molar-refractivity contribution in [1.29, 1.82) is 0 Å². The van der Waals surface area contributed by atoms with E-state index in [1.165, 1.54) is 6.07 Å². The number of thioether (sulfide) groups is 1. The highest BCUT2D eigenvalue weighted by molar-refractivity contribution is 8.00. The first-order chi connectivity index (χ1) is 8.90. The third-order valence-corrected chi connectivity index (χ3v) is 3.58. The lowest BCUT2D eigenvalue weighted by atomic mass is 10.1. The minimum Gasteiger partial charge on any atom is -0.391 e. The number of carbonyl (C=O) groups is 1. The van der Waals surface area contributed by atoms with Gasteiger partial charge >= 0.3 is 0 Å². The normalized spacial score (nSPS) is 12.5. The lowest BCUT2D eigenvalue weighted by Crippen LogP contribution is -2.35. The lowest BCUT2D eigenvalue weighted by Gasteiger charge is -2.14. The van der Waals surface area contributed by atoms with Crippen molar-refractivity contribution in [3.8, 4) is 0 Å². The summed E-state index contributed by atoms with van der Waals surface area (Å²) in [6.45, 7) is 3.86. The zero-order chi connectivity index (χ0) is 14.4. The fraction of sp³-hybridized carbons (Fsp3) is 0.462. The monoisotopic (exact) mass is 289 g/mol. The van der Waals surface area contributed by atoms with Gasteiger partial charge in [-0.25, -0.2) is 8.78 Å². The molecule has 1 atom stereocenters. The van der Waals surface area contributed by atoms with Crippen LogP contribution in [0.4, 0.5) is 8.78 Å². The van der Waals surface area contributed by atoms with E-state index in [0.717, 1.165) is 23.9 Å². The number of amides is 1. The van der Waals surface area contributed by atoms with Crippen LogP contribution in [0.15, 0.2) is 23.1 Å². The molecule has 0 saturated heterocycles. The number of halogens is 2. The van der Waals surface area contributed by atoms with E-state index in [2.05, 4.69) is 5.32 Å². The second-order valence-corrected chi connectivity index (χ2v) is 5.50. The van der Waals surface area contributed by atoms with E-state index in [-0.39, 0.29) is 29.0 Å². The van der Waals surface area contributed by atoms with Crippen molar-refractivity contribution in [2.24, 2.45) is 5.92 Å². The molecule has 0 aromatic heterocycles. The van der Waals surface area contributed by atoms with Gasteiger partial charge in [-0.2, -0.15) is 0 Å². The largest absolute Gasteiger partial charge is 0.391 e. The van der Waals surface area contributed by atoms with Crippen molar-refractivity contribution in [3.63, 3.8) is 0 Å². The maximum atomic E-state index is 13.3. The number of nitrogens with one attached hydrogen (secondary N) is 1. The number of carbonyl (C=O) groups excluding carboxylic acids is 1. The minimum atomic E-state index is -0.681. The number of rotatable bonds is 6. The number of aliphatic hydroxyl groups excluding tert-OH is 1. The van der Waals surface area contributed by atoms with Gasteiger partial charge in [0.25, 0.3) is 0 Å². The molecule has 1 aromatic rings. The topological polar surface area (TPSA) is 49.3 Å². The fourth-order valence-corrected chi connectivity index (χ4v) is 1.99. The van der Waals surface area contributed by atoms with Crippen LogP contribution in [0.3, 0.4) is 0 Å². The van der Waals surface area contributed by atoms with Gasteiger partial charge in [-0.1, -0.05) is 13.8 Å². The van der Waals surface area contributed by atoms with E-state index in [1.807, 2.05) is 13.8 Å². The quantitative estimate of drug-likeness (QED) is 0.789. The predicted octanol–water partition coefficient (Wildman–Crippen LogP) is 2.19. The van der Waals surface area contributed by atoms with E-state index in [9.17, 15) is 18.7 Å². The molecule has 106 valence electrons. The van der Waals surface area contributed by atoms with E-state index in [1.54, 1.807) is 0 Å². The Morgan fingerprint density at radius 1 is 1.42 bits per heavy atom. The van der Waals surface area contributed by atoms with Gasteiger partial charge in [-0.3, -0.25) is 4.79 Å². The van der Waals surface area contributed by atoms with Gasteiger partial charge in [0, 0.05) is 17.5 Å². The summed E-state index contributed by atoms with van der Waals surface area (Å²) in [5.74, 6) is -1.55. The van der Waals surface area contributed by atoms with Crippen LogP contribution in [-0.2, 0) is 4.79 Å². The highest BCUT2D eigenvalue weighted by Gasteiger charge is 2.12. The van der Waals surface area contributed by atoms with E-state index in [4.69, 9.17) is 0 Å². The van der Waals surface area contributed by atoms with Crippen molar-refractivity contribution >= 4 is 17.7 Å². The Hall–Kier alpha value is -1.14. The first kappa shape index (κ1) is 15.9. The van der Waals surface area contributed by atoms with E-state index >= 15 is 0 Å². The molecule has 1 rings (SSSR count). The minimum absolute atomic E-state index is 0.0212. The maximum absolute atomic E-state index is 13.3. The van der Waals surface area contributed by atoms with Crippen molar-refractivity contribution < 1.29 is 18.7 Å². The summed E-state index contributed by atoms with van der Waals surface area (Å²) in [5.41, 5.74) is 0. The number of aliphatic hydroxyl groups is 1. The van der Waals surface area contributed by atoms with Gasteiger partial charge in [0.05, 0.1) is 11.9 Å². The molecule has 0 heterocycles.